The lowest BCUT2D eigenvalue weighted by atomic mass is 9.86. The average molecular weight is 711 g/mol. The Morgan fingerprint density at radius 3 is 1.72 bits per heavy atom. The van der Waals surface area contributed by atoms with E-state index < -0.39 is 21.4 Å². The molecule has 0 N–H and O–H groups in total. The van der Waals surface area contributed by atoms with Gasteiger partial charge in [-0.3, -0.25) is 9.59 Å². The van der Waals surface area contributed by atoms with Crippen molar-refractivity contribution in [2.24, 2.45) is 0 Å². The van der Waals surface area contributed by atoms with E-state index in [9.17, 15) is 18.4 Å². The molecule has 5 aromatic rings. The molecular formula is C40H36F2N2O4S2. The minimum absolute atomic E-state index is 0.0632. The van der Waals surface area contributed by atoms with E-state index in [1.165, 1.54) is 35.7 Å². The predicted molar refractivity (Wildman–Crippen MR) is 195 cm³/mol. The van der Waals surface area contributed by atoms with Crippen molar-refractivity contribution < 1.29 is 27.8 Å². The summed E-state index contributed by atoms with van der Waals surface area (Å²) in [5.74, 6) is -0.508. The van der Waals surface area contributed by atoms with Crippen LogP contribution in [-0.4, -0.2) is 46.3 Å². The van der Waals surface area contributed by atoms with Gasteiger partial charge in [-0.25, -0.2) is 8.78 Å². The van der Waals surface area contributed by atoms with E-state index in [0.717, 1.165) is 22.4 Å². The van der Waals surface area contributed by atoms with E-state index in [4.69, 9.17) is 9.47 Å². The maximum absolute atomic E-state index is 14.7. The first-order chi connectivity index (χ1) is 24.3. The van der Waals surface area contributed by atoms with Gasteiger partial charge in [-0.15, -0.1) is 23.5 Å². The van der Waals surface area contributed by atoms with Crippen molar-refractivity contribution in [2.75, 3.05) is 24.7 Å². The maximum Gasteiger partial charge on any atom is 0.234 e. The van der Waals surface area contributed by atoms with Gasteiger partial charge in [-0.05, 0) is 60.0 Å². The molecule has 2 heterocycles. The minimum atomic E-state index is -1.35. The molecule has 7 rings (SSSR count). The van der Waals surface area contributed by atoms with Crippen LogP contribution in [0.5, 0.6) is 11.5 Å². The zero-order valence-corrected chi connectivity index (χ0v) is 29.4. The normalized spacial score (nSPS) is 20.6. The van der Waals surface area contributed by atoms with Crippen LogP contribution in [0.3, 0.4) is 0 Å². The second kappa shape index (κ2) is 14.0. The molecule has 256 valence electrons. The van der Waals surface area contributed by atoms with E-state index in [2.05, 4.69) is 0 Å². The molecule has 0 spiro atoms. The first-order valence-electron chi connectivity index (χ1n) is 16.6. The Morgan fingerprint density at radius 1 is 0.640 bits per heavy atom. The highest BCUT2D eigenvalue weighted by Crippen LogP contribution is 2.68. The number of para-hydroxylation sites is 2. The Labute approximate surface area is 298 Å². The number of amides is 2. The molecule has 0 aromatic heterocycles. The summed E-state index contributed by atoms with van der Waals surface area (Å²) in [5, 5.41) is 2.05. The molecule has 6 nitrogen and oxygen atoms in total. The third-order valence-corrected chi connectivity index (χ3v) is 12.4. The Morgan fingerprint density at radius 2 is 1.14 bits per heavy atom. The number of nitrogens with zero attached hydrogens (tertiary/aromatic N) is 2. The van der Waals surface area contributed by atoms with Gasteiger partial charge in [-0.2, -0.15) is 0 Å². The summed E-state index contributed by atoms with van der Waals surface area (Å²) in [6.07, 6.45) is 0. The number of carbonyl (C=O) groups is 2. The summed E-state index contributed by atoms with van der Waals surface area (Å²) in [6, 6.07) is 32.6. The lowest BCUT2D eigenvalue weighted by molar-refractivity contribution is -0.141. The van der Waals surface area contributed by atoms with Crippen LogP contribution in [0.15, 0.2) is 109 Å². The average Bonchev–Trinajstić information content (AvgIpc) is 3.62. The number of thioether (sulfide) groups is 2. The summed E-state index contributed by atoms with van der Waals surface area (Å²) < 4.78 is 42.0. The fourth-order valence-corrected chi connectivity index (χ4v) is 10.8. The van der Waals surface area contributed by atoms with Crippen LogP contribution < -0.4 is 9.47 Å². The fraction of sp³-hybridized carbons (Fsp3) is 0.250. The molecule has 0 aliphatic carbocycles. The second-order valence-electron chi connectivity index (χ2n) is 12.1. The molecule has 2 saturated heterocycles. The zero-order chi connectivity index (χ0) is 34.9. The standard InChI is InChI=1S/C40H36F2N2O4S2/c1-3-47-35-18-9-7-16-33(35)39(43(37(45)25-49-39)23-27-20-30(41)22-31(42)21-27)40(34-17-8-10-19-36(34)48-4-2)44(38(46)26-50-40)24-29-14-11-13-28-12-5-6-15-32(28)29/h5-22H,3-4,23-26H2,1-2H3. The van der Waals surface area contributed by atoms with Crippen molar-refractivity contribution in [3.63, 3.8) is 0 Å². The van der Waals surface area contributed by atoms with Gasteiger partial charge in [0.2, 0.25) is 11.8 Å². The number of hydrogen-bond donors (Lipinski definition) is 0. The van der Waals surface area contributed by atoms with Crippen LogP contribution in [0, 0.1) is 11.6 Å². The van der Waals surface area contributed by atoms with Gasteiger partial charge in [0.15, 0.2) is 9.74 Å². The second-order valence-corrected chi connectivity index (χ2v) is 14.4. The summed E-state index contributed by atoms with van der Waals surface area (Å²) in [7, 11) is 0. The van der Waals surface area contributed by atoms with Crippen molar-refractivity contribution in [3.05, 3.63) is 143 Å². The molecule has 0 saturated carbocycles. The van der Waals surface area contributed by atoms with Crippen LogP contribution in [0.25, 0.3) is 10.8 Å². The largest absolute Gasteiger partial charge is 0.493 e. The van der Waals surface area contributed by atoms with Crippen LogP contribution >= 0.6 is 23.5 Å². The molecule has 2 fully saturated rings. The van der Waals surface area contributed by atoms with Gasteiger partial charge in [0.05, 0.1) is 24.7 Å². The van der Waals surface area contributed by atoms with E-state index in [1.807, 2.05) is 110 Å². The first-order valence-corrected chi connectivity index (χ1v) is 18.5. The Bertz CT molecular complexity index is 2050. The number of ether oxygens (including phenoxy) is 2. The monoisotopic (exact) mass is 710 g/mol. The Kier molecular flexibility index (Phi) is 9.50. The number of halogens is 2. The van der Waals surface area contributed by atoms with Crippen molar-refractivity contribution in [3.8, 4) is 11.5 Å². The molecule has 2 amide bonds. The van der Waals surface area contributed by atoms with Crippen LogP contribution in [0.2, 0.25) is 0 Å². The number of rotatable bonds is 11. The third kappa shape index (κ3) is 5.68. The van der Waals surface area contributed by atoms with Crippen molar-refractivity contribution in [1.29, 1.82) is 0 Å². The van der Waals surface area contributed by atoms with Crippen molar-refractivity contribution in [2.45, 2.75) is 36.7 Å². The lowest BCUT2D eigenvalue weighted by Crippen LogP contribution is -2.61. The molecule has 10 heteroatoms. The highest BCUT2D eigenvalue weighted by Gasteiger charge is 2.69. The van der Waals surface area contributed by atoms with E-state index in [-0.39, 0.29) is 36.4 Å². The summed E-state index contributed by atoms with van der Waals surface area (Å²) >= 11 is 2.85. The molecule has 50 heavy (non-hydrogen) atoms. The molecule has 2 aliphatic heterocycles. The predicted octanol–water partition coefficient (Wildman–Crippen LogP) is 8.47. The van der Waals surface area contributed by atoms with E-state index >= 15 is 0 Å². The third-order valence-electron chi connectivity index (χ3n) is 9.21. The van der Waals surface area contributed by atoms with Gasteiger partial charge >= 0.3 is 0 Å². The number of benzene rings is 5. The topological polar surface area (TPSA) is 59.1 Å². The highest BCUT2D eigenvalue weighted by molar-refractivity contribution is 8.05. The number of hydrogen-bond acceptors (Lipinski definition) is 6. The lowest BCUT2D eigenvalue weighted by Gasteiger charge is -2.54. The van der Waals surface area contributed by atoms with Gasteiger partial charge in [-0.1, -0.05) is 78.9 Å². The van der Waals surface area contributed by atoms with Crippen LogP contribution in [0.4, 0.5) is 8.78 Å². The van der Waals surface area contributed by atoms with Crippen molar-refractivity contribution in [1.82, 2.24) is 9.80 Å². The maximum atomic E-state index is 14.7. The Hall–Kier alpha value is -4.54. The first kappa shape index (κ1) is 33.9. The quantitative estimate of drug-likeness (QED) is 0.137. The molecule has 5 aromatic carbocycles. The van der Waals surface area contributed by atoms with E-state index in [1.54, 1.807) is 4.90 Å². The fourth-order valence-electron chi connectivity index (χ4n) is 7.31. The van der Waals surface area contributed by atoms with Gasteiger partial charge in [0, 0.05) is 30.3 Å². The number of carbonyl (C=O) groups excluding carboxylic acids is 2. The minimum Gasteiger partial charge on any atom is -0.493 e. The van der Waals surface area contributed by atoms with Crippen molar-refractivity contribution >= 4 is 46.1 Å². The molecule has 2 unspecified atom stereocenters. The number of fused-ring (bicyclic) bond motifs is 1. The molecule has 2 aliphatic rings. The van der Waals surface area contributed by atoms with E-state index in [0.29, 0.717) is 41.4 Å². The van der Waals surface area contributed by atoms with Crippen LogP contribution in [-0.2, 0) is 32.4 Å². The molecule has 2 atom stereocenters. The summed E-state index contributed by atoms with van der Waals surface area (Å²) in [5.41, 5.74) is 2.62. The van der Waals surface area contributed by atoms with Gasteiger partial charge in [0.1, 0.15) is 23.1 Å². The molecule has 0 radical (unpaired) electrons. The molecule has 0 bridgehead atoms. The summed E-state index contributed by atoms with van der Waals surface area (Å²) in [4.78, 5) is 29.9. The SMILES string of the molecule is CCOc1ccccc1C1(C2(c3ccccc3OCC)SCC(=O)N2Cc2cccc3ccccc23)SCC(=O)N1Cc1cc(F)cc(F)c1. The van der Waals surface area contributed by atoms with Crippen LogP contribution in [0.1, 0.15) is 36.1 Å². The van der Waals surface area contributed by atoms with Gasteiger partial charge in [0.25, 0.3) is 0 Å². The summed E-state index contributed by atoms with van der Waals surface area (Å²) in [6.45, 7) is 4.64. The smallest absolute Gasteiger partial charge is 0.234 e. The van der Waals surface area contributed by atoms with Gasteiger partial charge < -0.3 is 19.3 Å². The zero-order valence-electron chi connectivity index (χ0n) is 27.7. The Balaban J connectivity index is 1.56. The molecular weight excluding hydrogens is 675 g/mol. The highest BCUT2D eigenvalue weighted by atomic mass is 32.2.